The molecule has 1 heterocycles. The molecule has 4 aromatic rings. The summed E-state index contributed by atoms with van der Waals surface area (Å²) in [5, 5.41) is 6.42. The van der Waals surface area contributed by atoms with Crippen molar-refractivity contribution in [3.8, 4) is 0 Å². The average molecular weight is 563 g/mol. The molecular weight excluding hydrogens is 528 g/mol. The minimum Gasteiger partial charge on any atom is -0.445 e. The van der Waals surface area contributed by atoms with Crippen molar-refractivity contribution in [1.29, 1.82) is 0 Å². The van der Waals surface area contributed by atoms with Crippen LogP contribution in [0.3, 0.4) is 0 Å². The van der Waals surface area contributed by atoms with Crippen LogP contribution in [0.1, 0.15) is 30.5 Å². The first kappa shape index (κ1) is 28.8. The van der Waals surface area contributed by atoms with Crippen LogP contribution in [-0.2, 0) is 32.6 Å². The Morgan fingerprint density at radius 3 is 2.40 bits per heavy atom. The fourth-order valence-corrected chi connectivity index (χ4v) is 6.23. The molecule has 2 amide bonds. The van der Waals surface area contributed by atoms with Gasteiger partial charge in [0.05, 0.1) is 4.90 Å². The van der Waals surface area contributed by atoms with E-state index in [9.17, 15) is 18.0 Å². The van der Waals surface area contributed by atoms with E-state index in [1.807, 2.05) is 60.8 Å². The van der Waals surface area contributed by atoms with Gasteiger partial charge in [-0.2, -0.15) is 4.31 Å². The highest BCUT2D eigenvalue weighted by Gasteiger charge is 2.26. The third kappa shape index (κ3) is 6.70. The van der Waals surface area contributed by atoms with Gasteiger partial charge in [0.2, 0.25) is 15.9 Å². The first-order valence-corrected chi connectivity index (χ1v) is 14.6. The first-order chi connectivity index (χ1) is 19.2. The molecular formula is C30H34N4O5S. The van der Waals surface area contributed by atoms with Crippen LogP contribution in [0.2, 0.25) is 0 Å². The number of carbonyl (C=O) groups excluding carboxylic acids is 2. The number of rotatable bonds is 11. The van der Waals surface area contributed by atoms with Crippen LogP contribution in [0.15, 0.2) is 83.9 Å². The maximum Gasteiger partial charge on any atom is 0.408 e. The number of fused-ring (bicyclic) bond motifs is 1. The number of para-hydroxylation sites is 1. The van der Waals surface area contributed by atoms with Gasteiger partial charge in [0.1, 0.15) is 12.6 Å². The molecule has 4 rings (SSSR count). The molecule has 0 saturated carbocycles. The number of aryl methyl sites for hydroxylation is 1. The third-order valence-electron chi connectivity index (χ3n) is 6.70. The smallest absolute Gasteiger partial charge is 0.408 e. The van der Waals surface area contributed by atoms with E-state index in [1.165, 1.54) is 10.4 Å². The molecule has 0 saturated heterocycles. The predicted octanol–water partition coefficient (Wildman–Crippen LogP) is 4.98. The fourth-order valence-electron chi connectivity index (χ4n) is 4.52. The lowest BCUT2D eigenvalue weighted by Gasteiger charge is -2.21. The number of aromatic amines is 1. The molecule has 0 radical (unpaired) electrons. The fraction of sp³-hybridized carbons (Fsp3) is 0.267. The Morgan fingerprint density at radius 2 is 1.68 bits per heavy atom. The van der Waals surface area contributed by atoms with Gasteiger partial charge in [-0.3, -0.25) is 4.79 Å². The summed E-state index contributed by atoms with van der Waals surface area (Å²) in [7, 11) is -3.74. The quantitative estimate of drug-likeness (QED) is 0.238. The molecule has 0 aliphatic rings. The second-order valence-corrected chi connectivity index (χ2v) is 11.3. The summed E-state index contributed by atoms with van der Waals surface area (Å²) < 4.78 is 33.1. The highest BCUT2D eigenvalue weighted by atomic mass is 32.2. The van der Waals surface area contributed by atoms with E-state index in [2.05, 4.69) is 15.6 Å². The van der Waals surface area contributed by atoms with E-state index in [4.69, 9.17) is 4.74 Å². The van der Waals surface area contributed by atoms with Gasteiger partial charge in [0.25, 0.3) is 0 Å². The van der Waals surface area contributed by atoms with Gasteiger partial charge in [0.15, 0.2) is 0 Å². The number of sulfonamides is 1. The summed E-state index contributed by atoms with van der Waals surface area (Å²) >= 11 is 0. The number of ether oxygens (including phenoxy) is 1. The minimum atomic E-state index is -3.74. The topological polar surface area (TPSA) is 121 Å². The van der Waals surface area contributed by atoms with E-state index < -0.39 is 28.1 Å². The monoisotopic (exact) mass is 562 g/mol. The number of anilines is 1. The summed E-state index contributed by atoms with van der Waals surface area (Å²) in [6.45, 7) is 5.98. The van der Waals surface area contributed by atoms with E-state index in [-0.39, 0.29) is 17.9 Å². The van der Waals surface area contributed by atoms with Crippen LogP contribution < -0.4 is 10.6 Å². The molecule has 0 bridgehead atoms. The highest BCUT2D eigenvalue weighted by molar-refractivity contribution is 7.89. The number of amides is 2. The summed E-state index contributed by atoms with van der Waals surface area (Å²) in [5.41, 5.74) is 3.45. The molecule has 1 atom stereocenters. The predicted molar refractivity (Wildman–Crippen MR) is 155 cm³/mol. The Balaban J connectivity index is 1.57. The van der Waals surface area contributed by atoms with E-state index in [0.29, 0.717) is 24.3 Å². The Morgan fingerprint density at radius 1 is 0.975 bits per heavy atom. The number of aromatic nitrogens is 1. The molecule has 10 heteroatoms. The van der Waals surface area contributed by atoms with Gasteiger partial charge in [-0.05, 0) is 41.8 Å². The number of carbonyl (C=O) groups is 2. The maximum atomic E-state index is 13.5. The number of benzene rings is 3. The van der Waals surface area contributed by atoms with Gasteiger partial charge in [-0.15, -0.1) is 0 Å². The molecule has 3 N–H and O–H groups in total. The number of hydrogen-bond acceptors (Lipinski definition) is 5. The molecule has 1 aromatic heterocycles. The zero-order valence-electron chi connectivity index (χ0n) is 22.8. The van der Waals surface area contributed by atoms with Crippen LogP contribution in [0.4, 0.5) is 10.5 Å². The summed E-state index contributed by atoms with van der Waals surface area (Å²) in [6.07, 6.45) is 1.26. The van der Waals surface area contributed by atoms with Crippen LogP contribution >= 0.6 is 0 Å². The number of hydrogen-bond donors (Lipinski definition) is 3. The summed E-state index contributed by atoms with van der Waals surface area (Å²) in [5.74, 6) is -0.503. The second kappa shape index (κ2) is 12.8. The lowest BCUT2D eigenvalue weighted by atomic mass is 10.0. The molecule has 0 fully saturated rings. The lowest BCUT2D eigenvalue weighted by Crippen LogP contribution is -2.45. The Hall–Kier alpha value is -4.15. The molecule has 0 unspecified atom stereocenters. The van der Waals surface area contributed by atoms with Gasteiger partial charge >= 0.3 is 6.09 Å². The van der Waals surface area contributed by atoms with Crippen molar-refractivity contribution in [3.05, 3.63) is 95.7 Å². The minimum absolute atomic E-state index is 0.0542. The molecule has 0 aliphatic heterocycles. The molecule has 40 heavy (non-hydrogen) atoms. The molecule has 0 spiro atoms. The van der Waals surface area contributed by atoms with E-state index in [1.54, 1.807) is 32.9 Å². The van der Waals surface area contributed by atoms with Crippen molar-refractivity contribution < 1.29 is 22.7 Å². The van der Waals surface area contributed by atoms with Crippen LogP contribution in [0.5, 0.6) is 0 Å². The molecule has 3 aromatic carbocycles. The Labute approximate surface area is 234 Å². The van der Waals surface area contributed by atoms with Gasteiger partial charge in [-0.1, -0.05) is 68.4 Å². The largest absolute Gasteiger partial charge is 0.445 e. The number of nitrogens with one attached hydrogen (secondary N) is 3. The summed E-state index contributed by atoms with van der Waals surface area (Å²) in [4.78, 5) is 29.6. The van der Waals surface area contributed by atoms with E-state index >= 15 is 0 Å². The number of alkyl carbamates (subject to hydrolysis) is 1. The van der Waals surface area contributed by atoms with Crippen molar-refractivity contribution in [2.24, 2.45) is 0 Å². The van der Waals surface area contributed by atoms with Crippen molar-refractivity contribution >= 4 is 38.6 Å². The number of H-pyrrole nitrogens is 1. The van der Waals surface area contributed by atoms with Gasteiger partial charge in [0, 0.05) is 42.3 Å². The van der Waals surface area contributed by atoms with Gasteiger partial charge in [-0.25, -0.2) is 13.2 Å². The first-order valence-electron chi connectivity index (χ1n) is 13.2. The SMILES string of the molecule is CCN(CC)S(=O)(=O)c1cc(NC(=O)[C@@H](Cc2c[nH]c3ccccc23)NC(=O)OCc2ccccc2)ccc1C. The Kier molecular flexibility index (Phi) is 9.23. The van der Waals surface area contributed by atoms with Crippen molar-refractivity contribution in [1.82, 2.24) is 14.6 Å². The van der Waals surface area contributed by atoms with Crippen LogP contribution in [0, 0.1) is 6.92 Å². The molecule has 9 nitrogen and oxygen atoms in total. The van der Waals surface area contributed by atoms with Crippen LogP contribution in [-0.4, -0.2) is 48.8 Å². The normalized spacial score (nSPS) is 12.3. The zero-order valence-corrected chi connectivity index (χ0v) is 23.6. The zero-order chi connectivity index (χ0) is 28.7. The molecule has 210 valence electrons. The standard InChI is InChI=1S/C30H34N4O5S/c1-4-34(5-2)40(37,38)28-18-24(16-15-21(28)3)32-29(35)27(17-23-19-31-26-14-10-9-13-25(23)26)33-30(36)39-20-22-11-7-6-8-12-22/h6-16,18-19,27,31H,4-5,17,20H2,1-3H3,(H,32,35)(H,33,36)/t27-/m1/s1. The van der Waals surface area contributed by atoms with Crippen molar-refractivity contribution in [2.75, 3.05) is 18.4 Å². The Bertz CT molecular complexity index is 1580. The van der Waals surface area contributed by atoms with Gasteiger partial charge < -0.3 is 20.4 Å². The van der Waals surface area contributed by atoms with Crippen molar-refractivity contribution in [3.63, 3.8) is 0 Å². The third-order valence-corrected chi connectivity index (χ3v) is 8.89. The van der Waals surface area contributed by atoms with Crippen molar-refractivity contribution in [2.45, 2.75) is 44.7 Å². The summed E-state index contributed by atoms with van der Waals surface area (Å²) in [6, 6.07) is 20.7. The molecule has 0 aliphatic carbocycles. The second-order valence-electron chi connectivity index (χ2n) is 9.38. The average Bonchev–Trinajstić information content (AvgIpc) is 3.36. The van der Waals surface area contributed by atoms with Crippen LogP contribution in [0.25, 0.3) is 10.9 Å². The van der Waals surface area contributed by atoms with E-state index in [0.717, 1.165) is 22.0 Å². The lowest BCUT2D eigenvalue weighted by molar-refractivity contribution is -0.118. The highest BCUT2D eigenvalue weighted by Crippen LogP contribution is 2.24. The maximum absolute atomic E-state index is 13.5. The number of nitrogens with zero attached hydrogens (tertiary/aromatic N) is 1.